The lowest BCUT2D eigenvalue weighted by Gasteiger charge is -2.14. The molecule has 20 heavy (non-hydrogen) atoms. The van der Waals surface area contributed by atoms with Gasteiger partial charge in [-0.3, -0.25) is 0 Å². The summed E-state index contributed by atoms with van der Waals surface area (Å²) >= 11 is 3.47. The van der Waals surface area contributed by atoms with Crippen molar-refractivity contribution in [3.8, 4) is 11.8 Å². The highest BCUT2D eigenvalue weighted by molar-refractivity contribution is 9.10. The second-order valence-electron chi connectivity index (χ2n) is 4.44. The van der Waals surface area contributed by atoms with Crippen molar-refractivity contribution in [1.29, 1.82) is 5.26 Å². The number of benzene rings is 2. The second kappa shape index (κ2) is 6.44. The quantitative estimate of drug-likeness (QED) is 0.901. The lowest BCUT2D eigenvalue weighted by atomic mass is 10.1. The zero-order chi connectivity index (χ0) is 14.5. The van der Waals surface area contributed by atoms with Crippen LogP contribution in [0.4, 0.5) is 5.69 Å². The van der Waals surface area contributed by atoms with Gasteiger partial charge in [0, 0.05) is 10.2 Å². The monoisotopic (exact) mass is 330 g/mol. The number of nitriles is 1. The van der Waals surface area contributed by atoms with Crippen LogP contribution in [0.5, 0.6) is 5.75 Å². The minimum atomic E-state index is -0.379. The predicted molar refractivity (Wildman–Crippen MR) is 83.8 cm³/mol. The van der Waals surface area contributed by atoms with Crippen molar-refractivity contribution in [1.82, 2.24) is 0 Å². The number of rotatable bonds is 4. The van der Waals surface area contributed by atoms with Crippen LogP contribution in [0, 0.1) is 18.3 Å². The first kappa shape index (κ1) is 14.4. The molecule has 0 saturated heterocycles. The van der Waals surface area contributed by atoms with Crippen molar-refractivity contribution in [2.45, 2.75) is 13.0 Å². The number of halogens is 1. The molecule has 0 heterocycles. The molecule has 4 heteroatoms. The summed E-state index contributed by atoms with van der Waals surface area (Å²) in [5.41, 5.74) is 2.95. The van der Waals surface area contributed by atoms with Crippen molar-refractivity contribution in [2.75, 3.05) is 12.4 Å². The third kappa shape index (κ3) is 3.31. The van der Waals surface area contributed by atoms with E-state index in [1.807, 2.05) is 49.4 Å². The molecule has 2 rings (SSSR count). The first-order valence-corrected chi connectivity index (χ1v) is 6.99. The van der Waals surface area contributed by atoms with E-state index in [1.165, 1.54) is 0 Å². The molecule has 102 valence electrons. The van der Waals surface area contributed by atoms with Gasteiger partial charge in [-0.2, -0.15) is 5.26 Å². The van der Waals surface area contributed by atoms with E-state index in [9.17, 15) is 5.26 Å². The molecule has 1 atom stereocenters. The van der Waals surface area contributed by atoms with Gasteiger partial charge < -0.3 is 10.1 Å². The molecule has 1 N–H and O–H groups in total. The molecule has 2 aromatic rings. The van der Waals surface area contributed by atoms with Crippen molar-refractivity contribution < 1.29 is 4.74 Å². The maximum atomic E-state index is 9.35. The van der Waals surface area contributed by atoms with Crippen LogP contribution in [0.25, 0.3) is 0 Å². The van der Waals surface area contributed by atoms with E-state index in [1.54, 1.807) is 7.11 Å². The van der Waals surface area contributed by atoms with E-state index in [2.05, 4.69) is 27.3 Å². The molecule has 0 fully saturated rings. The van der Waals surface area contributed by atoms with Crippen LogP contribution in [0.15, 0.2) is 46.9 Å². The summed E-state index contributed by atoms with van der Waals surface area (Å²) in [5.74, 6) is 0.795. The maximum Gasteiger partial charge on any atom is 0.140 e. The summed E-state index contributed by atoms with van der Waals surface area (Å²) in [5, 5.41) is 12.6. The zero-order valence-electron chi connectivity index (χ0n) is 11.4. The van der Waals surface area contributed by atoms with E-state index in [0.717, 1.165) is 27.0 Å². The molecule has 1 unspecified atom stereocenters. The number of aryl methyl sites for hydroxylation is 1. The first-order chi connectivity index (χ1) is 9.63. The lowest BCUT2D eigenvalue weighted by Crippen LogP contribution is -2.08. The van der Waals surface area contributed by atoms with Crippen LogP contribution in [0.3, 0.4) is 0 Å². The number of nitrogens with zero attached hydrogens (tertiary/aromatic N) is 1. The van der Waals surface area contributed by atoms with E-state index in [4.69, 9.17) is 4.74 Å². The van der Waals surface area contributed by atoms with Gasteiger partial charge in [-0.1, -0.05) is 28.1 Å². The van der Waals surface area contributed by atoms with Crippen LogP contribution >= 0.6 is 15.9 Å². The molecule has 0 aromatic heterocycles. The van der Waals surface area contributed by atoms with Crippen LogP contribution < -0.4 is 10.1 Å². The number of anilines is 1. The Morgan fingerprint density at radius 2 is 1.90 bits per heavy atom. The van der Waals surface area contributed by atoms with Gasteiger partial charge in [0.05, 0.1) is 13.2 Å². The molecule has 0 bridgehead atoms. The number of nitrogens with one attached hydrogen (secondary N) is 1. The minimum absolute atomic E-state index is 0.379. The standard InChI is InChI=1S/C16H15BrN2O/c1-11-9-12(3-8-15(11)17)16(10-18)19-13-4-6-14(20-2)7-5-13/h3-9,16,19H,1-2H3. The van der Waals surface area contributed by atoms with Gasteiger partial charge >= 0.3 is 0 Å². The normalized spacial score (nSPS) is 11.5. The average molecular weight is 331 g/mol. The molecule has 3 nitrogen and oxygen atoms in total. The lowest BCUT2D eigenvalue weighted by molar-refractivity contribution is 0.415. The third-order valence-electron chi connectivity index (χ3n) is 3.05. The Bertz CT molecular complexity index is 632. The van der Waals surface area contributed by atoms with Crippen molar-refractivity contribution >= 4 is 21.6 Å². The molecular weight excluding hydrogens is 316 g/mol. The van der Waals surface area contributed by atoms with E-state index >= 15 is 0 Å². The number of methoxy groups -OCH3 is 1. The first-order valence-electron chi connectivity index (χ1n) is 6.20. The summed E-state index contributed by atoms with van der Waals surface area (Å²) in [6.45, 7) is 2.01. The largest absolute Gasteiger partial charge is 0.497 e. The topological polar surface area (TPSA) is 45.0 Å². The smallest absolute Gasteiger partial charge is 0.140 e. The molecule has 0 amide bonds. The summed E-state index contributed by atoms with van der Waals surface area (Å²) in [4.78, 5) is 0. The van der Waals surface area contributed by atoms with E-state index < -0.39 is 0 Å². The molecule has 0 aliphatic heterocycles. The van der Waals surface area contributed by atoms with Gasteiger partial charge in [-0.25, -0.2) is 0 Å². The van der Waals surface area contributed by atoms with Crippen molar-refractivity contribution in [3.05, 3.63) is 58.1 Å². The average Bonchev–Trinajstić information content (AvgIpc) is 2.48. The third-order valence-corrected chi connectivity index (χ3v) is 3.94. The van der Waals surface area contributed by atoms with Crippen LogP contribution in [0.2, 0.25) is 0 Å². The summed E-state index contributed by atoms with van der Waals surface area (Å²) < 4.78 is 6.16. The Morgan fingerprint density at radius 3 is 2.45 bits per heavy atom. The molecule has 0 spiro atoms. The van der Waals surface area contributed by atoms with Gasteiger partial charge in [0.25, 0.3) is 0 Å². The van der Waals surface area contributed by atoms with Crippen LogP contribution in [-0.2, 0) is 0 Å². The minimum Gasteiger partial charge on any atom is -0.497 e. The highest BCUT2D eigenvalue weighted by atomic mass is 79.9. The Balaban J connectivity index is 2.19. The Kier molecular flexibility index (Phi) is 4.65. The molecule has 0 saturated carbocycles. The Hall–Kier alpha value is -1.99. The second-order valence-corrected chi connectivity index (χ2v) is 5.30. The molecule has 0 aliphatic carbocycles. The SMILES string of the molecule is COc1ccc(NC(C#N)c2ccc(Br)c(C)c2)cc1. The fourth-order valence-corrected chi connectivity index (χ4v) is 2.14. The van der Waals surface area contributed by atoms with Gasteiger partial charge in [0.1, 0.15) is 11.8 Å². The van der Waals surface area contributed by atoms with Gasteiger partial charge in [-0.15, -0.1) is 0 Å². The van der Waals surface area contributed by atoms with Crippen LogP contribution in [-0.4, -0.2) is 7.11 Å². The molecule has 0 aliphatic rings. The van der Waals surface area contributed by atoms with E-state index in [0.29, 0.717) is 0 Å². The molecule has 0 radical (unpaired) electrons. The predicted octanol–water partition coefficient (Wildman–Crippen LogP) is 4.44. The summed E-state index contributed by atoms with van der Waals surface area (Å²) in [6, 6.07) is 15.3. The van der Waals surface area contributed by atoms with E-state index in [-0.39, 0.29) is 6.04 Å². The van der Waals surface area contributed by atoms with Crippen LogP contribution in [0.1, 0.15) is 17.2 Å². The molecule has 2 aromatic carbocycles. The fraction of sp³-hybridized carbons (Fsp3) is 0.188. The Morgan fingerprint density at radius 1 is 1.20 bits per heavy atom. The summed E-state index contributed by atoms with van der Waals surface area (Å²) in [6.07, 6.45) is 0. The zero-order valence-corrected chi connectivity index (χ0v) is 12.9. The number of ether oxygens (including phenoxy) is 1. The van der Waals surface area contributed by atoms with Gasteiger partial charge in [-0.05, 0) is 48.4 Å². The number of hydrogen-bond acceptors (Lipinski definition) is 3. The fourth-order valence-electron chi connectivity index (χ4n) is 1.89. The van der Waals surface area contributed by atoms with Gasteiger partial charge in [0.2, 0.25) is 0 Å². The summed E-state index contributed by atoms with van der Waals surface area (Å²) in [7, 11) is 1.63. The Labute approximate surface area is 127 Å². The maximum absolute atomic E-state index is 9.35. The van der Waals surface area contributed by atoms with Gasteiger partial charge in [0.15, 0.2) is 0 Å². The highest BCUT2D eigenvalue weighted by Crippen LogP contribution is 2.24. The van der Waals surface area contributed by atoms with Crippen molar-refractivity contribution in [2.24, 2.45) is 0 Å². The molecular formula is C16H15BrN2O. The highest BCUT2D eigenvalue weighted by Gasteiger charge is 2.11. The van der Waals surface area contributed by atoms with Crippen molar-refractivity contribution in [3.63, 3.8) is 0 Å². The number of hydrogen-bond donors (Lipinski definition) is 1.